The number of hydrogen-bond acceptors (Lipinski definition) is 2. The molecular formula is C12H14BrFO2. The molecule has 0 spiro atoms. The lowest BCUT2D eigenvalue weighted by molar-refractivity contribution is 0.0784. The van der Waals surface area contributed by atoms with E-state index in [2.05, 4.69) is 15.9 Å². The molecule has 88 valence electrons. The third-order valence-corrected chi connectivity index (χ3v) is 3.45. The van der Waals surface area contributed by atoms with Gasteiger partial charge in [-0.3, -0.25) is 0 Å². The van der Waals surface area contributed by atoms with E-state index in [0.717, 1.165) is 10.9 Å². The van der Waals surface area contributed by atoms with Gasteiger partial charge in [0.25, 0.3) is 0 Å². The van der Waals surface area contributed by atoms with Gasteiger partial charge in [0, 0.05) is 16.0 Å². The molecule has 1 aromatic rings. The fourth-order valence-corrected chi connectivity index (χ4v) is 2.44. The molecule has 1 saturated heterocycles. The molecular weight excluding hydrogens is 275 g/mol. The van der Waals surface area contributed by atoms with Crippen molar-refractivity contribution in [1.82, 2.24) is 0 Å². The zero-order valence-electron chi connectivity index (χ0n) is 8.99. The maximum Gasteiger partial charge on any atom is 0.129 e. The minimum absolute atomic E-state index is 0.0150. The predicted octanol–water partition coefficient (Wildman–Crippen LogP) is 3.05. The Hall–Kier alpha value is -0.450. The Balaban J connectivity index is 2.20. The van der Waals surface area contributed by atoms with Gasteiger partial charge in [0.2, 0.25) is 0 Å². The van der Waals surface area contributed by atoms with E-state index in [1.807, 2.05) is 6.92 Å². The summed E-state index contributed by atoms with van der Waals surface area (Å²) in [5.41, 5.74) is 0.345. The van der Waals surface area contributed by atoms with Crippen LogP contribution in [0.4, 0.5) is 4.39 Å². The van der Waals surface area contributed by atoms with Gasteiger partial charge >= 0.3 is 0 Å². The fraction of sp³-hybridized carbons (Fsp3) is 0.500. The minimum atomic E-state index is -0.789. The first-order valence-electron chi connectivity index (χ1n) is 5.32. The first kappa shape index (κ1) is 12.0. The van der Waals surface area contributed by atoms with Crippen LogP contribution < -0.4 is 0 Å². The number of aliphatic hydroxyl groups excluding tert-OH is 1. The molecule has 2 nitrogen and oxygen atoms in total. The van der Waals surface area contributed by atoms with Gasteiger partial charge in [-0.2, -0.15) is 0 Å². The van der Waals surface area contributed by atoms with Crippen LogP contribution in [0.25, 0.3) is 0 Å². The number of aliphatic hydroxyl groups is 1. The first-order valence-corrected chi connectivity index (χ1v) is 6.12. The van der Waals surface area contributed by atoms with E-state index in [4.69, 9.17) is 4.74 Å². The maximum absolute atomic E-state index is 13.5. The molecule has 0 aliphatic carbocycles. The molecule has 1 aromatic carbocycles. The van der Waals surface area contributed by atoms with Crippen molar-refractivity contribution < 1.29 is 14.2 Å². The average molecular weight is 289 g/mol. The summed E-state index contributed by atoms with van der Waals surface area (Å²) in [6.07, 6.45) is 0.130. The van der Waals surface area contributed by atoms with Gasteiger partial charge in [-0.1, -0.05) is 15.9 Å². The second-order valence-electron chi connectivity index (χ2n) is 4.25. The molecule has 4 heteroatoms. The zero-order chi connectivity index (χ0) is 11.7. The molecule has 3 unspecified atom stereocenters. The lowest BCUT2D eigenvalue weighted by Gasteiger charge is -2.17. The molecule has 0 amide bonds. The number of halogens is 2. The van der Waals surface area contributed by atoms with Crippen molar-refractivity contribution in [2.75, 3.05) is 6.61 Å². The van der Waals surface area contributed by atoms with Crippen LogP contribution in [0.1, 0.15) is 25.0 Å². The topological polar surface area (TPSA) is 29.5 Å². The highest BCUT2D eigenvalue weighted by Gasteiger charge is 2.30. The molecule has 3 atom stereocenters. The van der Waals surface area contributed by atoms with Crippen molar-refractivity contribution in [2.45, 2.75) is 25.6 Å². The Morgan fingerprint density at radius 1 is 1.56 bits per heavy atom. The largest absolute Gasteiger partial charge is 0.388 e. The van der Waals surface area contributed by atoms with E-state index in [9.17, 15) is 9.50 Å². The summed E-state index contributed by atoms with van der Waals surface area (Å²) in [5, 5.41) is 10.1. The molecule has 2 rings (SSSR count). The summed E-state index contributed by atoms with van der Waals surface area (Å²) in [4.78, 5) is 0. The predicted molar refractivity (Wildman–Crippen MR) is 62.6 cm³/mol. The quantitative estimate of drug-likeness (QED) is 0.906. The van der Waals surface area contributed by atoms with Crippen LogP contribution in [0.3, 0.4) is 0 Å². The lowest BCUT2D eigenvalue weighted by atomic mass is 9.93. The number of benzene rings is 1. The summed E-state index contributed by atoms with van der Waals surface area (Å²) >= 11 is 3.28. The highest BCUT2D eigenvalue weighted by Crippen LogP contribution is 2.33. The summed E-state index contributed by atoms with van der Waals surface area (Å²) in [6.45, 7) is 2.46. The van der Waals surface area contributed by atoms with E-state index in [0.29, 0.717) is 12.2 Å². The van der Waals surface area contributed by atoms with E-state index < -0.39 is 6.10 Å². The van der Waals surface area contributed by atoms with Crippen LogP contribution in [0, 0.1) is 11.7 Å². The summed E-state index contributed by atoms with van der Waals surface area (Å²) < 4.78 is 19.7. The Kier molecular flexibility index (Phi) is 3.62. The van der Waals surface area contributed by atoms with Gasteiger partial charge in [-0.05, 0) is 31.5 Å². The summed E-state index contributed by atoms with van der Waals surface area (Å²) in [7, 11) is 0. The number of hydrogen-bond donors (Lipinski definition) is 1. The molecule has 16 heavy (non-hydrogen) atoms. The number of ether oxygens (including phenoxy) is 1. The van der Waals surface area contributed by atoms with Gasteiger partial charge in [0.05, 0.1) is 18.8 Å². The van der Waals surface area contributed by atoms with Gasteiger partial charge in [-0.15, -0.1) is 0 Å². The van der Waals surface area contributed by atoms with Crippen LogP contribution in [-0.4, -0.2) is 17.8 Å². The van der Waals surface area contributed by atoms with E-state index in [1.165, 1.54) is 6.07 Å². The fourth-order valence-electron chi connectivity index (χ4n) is 2.07. The second kappa shape index (κ2) is 4.82. The Labute approximate surface area is 103 Å². The van der Waals surface area contributed by atoms with Crippen LogP contribution in [0.2, 0.25) is 0 Å². The molecule has 1 heterocycles. The molecule has 1 aliphatic rings. The first-order chi connectivity index (χ1) is 7.58. The Morgan fingerprint density at radius 3 is 2.94 bits per heavy atom. The molecule has 1 fully saturated rings. The van der Waals surface area contributed by atoms with Crippen molar-refractivity contribution in [3.63, 3.8) is 0 Å². The van der Waals surface area contributed by atoms with Crippen LogP contribution in [0.15, 0.2) is 22.7 Å². The normalized spacial score (nSPS) is 27.0. The zero-order valence-corrected chi connectivity index (χ0v) is 10.6. The maximum atomic E-state index is 13.5. The lowest BCUT2D eigenvalue weighted by Crippen LogP contribution is -2.14. The Bertz CT molecular complexity index is 383. The van der Waals surface area contributed by atoms with E-state index in [-0.39, 0.29) is 17.8 Å². The molecule has 0 radical (unpaired) electrons. The molecule has 0 bridgehead atoms. The van der Waals surface area contributed by atoms with E-state index >= 15 is 0 Å². The summed E-state index contributed by atoms with van der Waals surface area (Å²) in [5.74, 6) is -0.381. The van der Waals surface area contributed by atoms with Crippen LogP contribution in [-0.2, 0) is 4.74 Å². The van der Waals surface area contributed by atoms with E-state index in [1.54, 1.807) is 12.1 Å². The second-order valence-corrected chi connectivity index (χ2v) is 5.17. The van der Waals surface area contributed by atoms with Crippen molar-refractivity contribution in [2.24, 2.45) is 5.92 Å². The number of rotatable bonds is 2. The molecule has 1 aliphatic heterocycles. The van der Waals surface area contributed by atoms with Crippen molar-refractivity contribution in [3.8, 4) is 0 Å². The standard InChI is InChI=1S/C12H14BrFO2/c1-7-4-8(6-16-7)12(15)10-5-9(13)2-3-11(10)14/h2-3,5,7-8,12,15H,4,6H2,1H3. The van der Waals surface area contributed by atoms with Crippen molar-refractivity contribution in [3.05, 3.63) is 34.1 Å². The Morgan fingerprint density at radius 2 is 2.31 bits per heavy atom. The highest BCUT2D eigenvalue weighted by atomic mass is 79.9. The molecule has 1 N–H and O–H groups in total. The third-order valence-electron chi connectivity index (χ3n) is 2.95. The average Bonchev–Trinajstić information content (AvgIpc) is 2.67. The SMILES string of the molecule is CC1CC(C(O)c2cc(Br)ccc2F)CO1. The van der Waals surface area contributed by atoms with Crippen LogP contribution in [0.5, 0.6) is 0 Å². The van der Waals surface area contributed by atoms with Crippen molar-refractivity contribution >= 4 is 15.9 Å². The van der Waals surface area contributed by atoms with Gasteiger partial charge in [-0.25, -0.2) is 4.39 Å². The summed E-state index contributed by atoms with van der Waals surface area (Å²) in [6, 6.07) is 4.62. The highest BCUT2D eigenvalue weighted by molar-refractivity contribution is 9.10. The van der Waals surface area contributed by atoms with Gasteiger partial charge in [0.1, 0.15) is 5.82 Å². The van der Waals surface area contributed by atoms with Crippen LogP contribution >= 0.6 is 15.9 Å². The van der Waals surface area contributed by atoms with Gasteiger partial charge in [0.15, 0.2) is 0 Å². The van der Waals surface area contributed by atoms with Gasteiger partial charge < -0.3 is 9.84 Å². The molecule has 0 aromatic heterocycles. The van der Waals surface area contributed by atoms with Crippen molar-refractivity contribution in [1.29, 1.82) is 0 Å². The third kappa shape index (κ3) is 2.44. The monoisotopic (exact) mass is 288 g/mol. The minimum Gasteiger partial charge on any atom is -0.388 e. The smallest absolute Gasteiger partial charge is 0.129 e. The molecule has 0 saturated carbocycles.